The first kappa shape index (κ1) is 23.1. The van der Waals surface area contributed by atoms with Gasteiger partial charge in [0.15, 0.2) is 5.16 Å². The number of amides is 1. The highest BCUT2D eigenvalue weighted by atomic mass is 32.2. The molecule has 0 aliphatic heterocycles. The van der Waals surface area contributed by atoms with E-state index in [-0.39, 0.29) is 17.8 Å². The maximum absolute atomic E-state index is 13.6. The molecule has 2 aromatic heterocycles. The number of carbonyl (C=O) groups excluding carboxylic acids is 1. The van der Waals surface area contributed by atoms with Gasteiger partial charge in [-0.15, -0.1) is 17.9 Å². The van der Waals surface area contributed by atoms with Crippen molar-refractivity contribution in [3.05, 3.63) is 67.6 Å². The summed E-state index contributed by atoms with van der Waals surface area (Å²) in [5.74, 6) is -1.43. The average Bonchev–Trinajstić information content (AvgIpc) is 3.15. The summed E-state index contributed by atoms with van der Waals surface area (Å²) >= 11 is 2.65. The van der Waals surface area contributed by atoms with E-state index in [9.17, 15) is 24.1 Å². The number of rotatable bonds is 7. The van der Waals surface area contributed by atoms with Gasteiger partial charge in [-0.2, -0.15) is 4.39 Å². The van der Waals surface area contributed by atoms with Gasteiger partial charge >= 0.3 is 5.69 Å². The molecule has 1 N–H and O–H groups in total. The molecular weight excluding hydrogens is 467 g/mol. The van der Waals surface area contributed by atoms with E-state index in [1.807, 2.05) is 0 Å². The Morgan fingerprint density at radius 2 is 2.21 bits per heavy atom. The number of thioether (sulfide) groups is 1. The van der Waals surface area contributed by atoms with Crippen molar-refractivity contribution in [3.8, 4) is 0 Å². The Balaban J connectivity index is 1.62. The fourth-order valence-corrected chi connectivity index (χ4v) is 6.01. The summed E-state index contributed by atoms with van der Waals surface area (Å²) in [6.07, 6.45) is 5.58. The molecule has 0 spiro atoms. The van der Waals surface area contributed by atoms with Crippen molar-refractivity contribution < 1.29 is 14.1 Å². The van der Waals surface area contributed by atoms with Gasteiger partial charge in [0.25, 0.3) is 5.56 Å². The maximum Gasteiger partial charge on any atom is 0.306 e. The molecule has 0 fully saturated rings. The minimum atomic E-state index is -0.981. The highest BCUT2D eigenvalue weighted by Crippen LogP contribution is 2.35. The van der Waals surface area contributed by atoms with Crippen LogP contribution in [0.4, 0.5) is 15.8 Å². The second-order valence-electron chi connectivity index (χ2n) is 7.66. The first-order valence-electron chi connectivity index (χ1n) is 10.4. The second kappa shape index (κ2) is 9.44. The lowest BCUT2D eigenvalue weighted by atomic mass is 9.97. The summed E-state index contributed by atoms with van der Waals surface area (Å²) in [5, 5.41) is 13.9. The number of nitrogens with zero attached hydrogens (tertiary/aromatic N) is 3. The van der Waals surface area contributed by atoms with Crippen LogP contribution in [0.2, 0.25) is 0 Å². The quantitative estimate of drug-likeness (QED) is 0.170. The van der Waals surface area contributed by atoms with Crippen LogP contribution in [0, 0.1) is 15.9 Å². The molecule has 33 heavy (non-hydrogen) atoms. The van der Waals surface area contributed by atoms with Crippen molar-refractivity contribution in [2.75, 3.05) is 5.32 Å². The minimum absolute atomic E-state index is 0.110. The van der Waals surface area contributed by atoms with Crippen LogP contribution in [0.15, 0.2) is 40.8 Å². The molecule has 1 atom stereocenters. The molecule has 1 aliphatic carbocycles. The third-order valence-corrected chi connectivity index (χ3v) is 7.69. The molecule has 0 saturated heterocycles. The van der Waals surface area contributed by atoms with Gasteiger partial charge < -0.3 is 5.32 Å². The Hall–Kier alpha value is -3.05. The summed E-state index contributed by atoms with van der Waals surface area (Å²) in [5.41, 5.74) is 0.348. The molecule has 3 aromatic rings. The molecule has 2 heterocycles. The van der Waals surface area contributed by atoms with Crippen LogP contribution in [0.3, 0.4) is 0 Å². The zero-order valence-corrected chi connectivity index (χ0v) is 19.4. The van der Waals surface area contributed by atoms with Crippen molar-refractivity contribution in [2.24, 2.45) is 0 Å². The third kappa shape index (κ3) is 4.55. The lowest BCUT2D eigenvalue weighted by Gasteiger charge is -2.15. The number of anilines is 1. The second-order valence-corrected chi connectivity index (χ2v) is 10.1. The number of halogens is 1. The smallest absolute Gasteiger partial charge is 0.306 e. The highest BCUT2D eigenvalue weighted by molar-refractivity contribution is 8.00. The number of aryl methyl sites for hydroxylation is 2. The number of nitro benzene ring substituents is 1. The lowest BCUT2D eigenvalue weighted by Crippen LogP contribution is -2.27. The van der Waals surface area contributed by atoms with Crippen LogP contribution < -0.4 is 10.9 Å². The van der Waals surface area contributed by atoms with E-state index >= 15 is 0 Å². The summed E-state index contributed by atoms with van der Waals surface area (Å²) in [6, 6.07) is 3.16. The molecule has 0 bridgehead atoms. The molecule has 1 aromatic carbocycles. The number of allylic oxidation sites excluding steroid dienone is 1. The fraction of sp³-hybridized carbons (Fsp3) is 0.318. The van der Waals surface area contributed by atoms with E-state index in [1.54, 1.807) is 13.0 Å². The van der Waals surface area contributed by atoms with E-state index < -0.39 is 27.6 Å². The summed E-state index contributed by atoms with van der Waals surface area (Å²) in [4.78, 5) is 42.7. The molecule has 0 saturated carbocycles. The van der Waals surface area contributed by atoms with E-state index in [0.717, 1.165) is 55.1 Å². The number of hydrogen-bond acceptors (Lipinski definition) is 7. The number of carbonyl (C=O) groups is 1. The van der Waals surface area contributed by atoms with Crippen molar-refractivity contribution >= 4 is 50.6 Å². The monoisotopic (exact) mass is 488 g/mol. The van der Waals surface area contributed by atoms with E-state index in [0.29, 0.717) is 15.4 Å². The topological polar surface area (TPSA) is 107 Å². The van der Waals surface area contributed by atoms with Crippen molar-refractivity contribution in [1.82, 2.24) is 9.55 Å². The number of fused-ring (bicyclic) bond motifs is 3. The van der Waals surface area contributed by atoms with Gasteiger partial charge in [-0.25, -0.2) is 4.98 Å². The number of nitro groups is 1. The molecular formula is C22H21FN4O4S2. The normalized spacial score (nSPS) is 14.0. The largest absolute Gasteiger partial charge is 0.325 e. The van der Waals surface area contributed by atoms with Crippen molar-refractivity contribution in [3.63, 3.8) is 0 Å². The minimum Gasteiger partial charge on any atom is -0.325 e. The van der Waals surface area contributed by atoms with Gasteiger partial charge in [0.1, 0.15) is 4.83 Å². The molecule has 1 aliphatic rings. The number of nitrogens with one attached hydrogen (secondary N) is 1. The van der Waals surface area contributed by atoms with E-state index in [2.05, 4.69) is 11.9 Å². The van der Waals surface area contributed by atoms with Gasteiger partial charge in [-0.1, -0.05) is 17.8 Å². The Morgan fingerprint density at radius 1 is 1.45 bits per heavy atom. The number of aromatic nitrogens is 2. The Kier molecular flexibility index (Phi) is 6.61. The summed E-state index contributed by atoms with van der Waals surface area (Å²) in [6.45, 7) is 5.64. The first-order valence-corrected chi connectivity index (χ1v) is 12.1. The molecule has 1 amide bonds. The van der Waals surface area contributed by atoms with Crippen LogP contribution in [0.5, 0.6) is 0 Å². The van der Waals surface area contributed by atoms with Gasteiger partial charge in [0.05, 0.1) is 15.6 Å². The molecule has 172 valence electrons. The van der Waals surface area contributed by atoms with Crippen molar-refractivity contribution in [2.45, 2.75) is 49.6 Å². The van der Waals surface area contributed by atoms with Crippen molar-refractivity contribution in [1.29, 1.82) is 0 Å². The Bertz CT molecular complexity index is 1330. The molecule has 4 rings (SSSR count). The number of hydrogen-bond donors (Lipinski definition) is 1. The molecule has 0 radical (unpaired) electrons. The fourth-order valence-electron chi connectivity index (χ4n) is 3.79. The number of thiophene rings is 1. The maximum atomic E-state index is 13.6. The van der Waals surface area contributed by atoms with Crippen LogP contribution >= 0.6 is 23.1 Å². The van der Waals surface area contributed by atoms with Gasteiger partial charge in [-0.05, 0) is 50.3 Å². The Morgan fingerprint density at radius 3 is 2.94 bits per heavy atom. The SMILES string of the molecule is C=CCn1c(S[C@H](C)C(=O)Nc2ccc(F)c([N+](=O)[O-])c2)nc2sc3c(c2c1=O)CCCC3. The third-order valence-electron chi connectivity index (χ3n) is 5.41. The van der Waals surface area contributed by atoms with Crippen LogP contribution in [-0.4, -0.2) is 25.6 Å². The van der Waals surface area contributed by atoms with E-state index in [4.69, 9.17) is 4.98 Å². The molecule has 0 unspecified atom stereocenters. The summed E-state index contributed by atoms with van der Waals surface area (Å²) in [7, 11) is 0. The highest BCUT2D eigenvalue weighted by Gasteiger charge is 2.24. The average molecular weight is 489 g/mol. The molecule has 8 nitrogen and oxygen atoms in total. The van der Waals surface area contributed by atoms with Gasteiger partial charge in [0.2, 0.25) is 11.7 Å². The van der Waals surface area contributed by atoms with Gasteiger partial charge in [0, 0.05) is 23.2 Å². The number of benzene rings is 1. The van der Waals surface area contributed by atoms with Crippen LogP contribution in [-0.2, 0) is 24.2 Å². The van der Waals surface area contributed by atoms with Crippen LogP contribution in [0.25, 0.3) is 10.2 Å². The zero-order chi connectivity index (χ0) is 23.7. The van der Waals surface area contributed by atoms with Crippen LogP contribution in [0.1, 0.15) is 30.2 Å². The summed E-state index contributed by atoms with van der Waals surface area (Å²) < 4.78 is 15.1. The Labute approximate surface area is 196 Å². The zero-order valence-electron chi connectivity index (χ0n) is 17.8. The van der Waals surface area contributed by atoms with E-state index in [1.165, 1.54) is 26.8 Å². The molecule has 11 heteroatoms. The van der Waals surface area contributed by atoms with Gasteiger partial charge in [-0.3, -0.25) is 24.3 Å². The standard InChI is InChI=1S/C22H21FN4O4S2/c1-3-10-26-21(29)18-14-6-4-5-7-17(14)33-20(18)25-22(26)32-12(2)19(28)24-13-8-9-15(23)16(11-13)27(30)31/h3,8-9,11-12H,1,4-7,10H2,2H3,(H,24,28)/t12-/m1/s1. The first-order chi connectivity index (χ1) is 15.8. The lowest BCUT2D eigenvalue weighted by molar-refractivity contribution is -0.387. The predicted molar refractivity (Wildman–Crippen MR) is 128 cm³/mol. The predicted octanol–water partition coefficient (Wildman–Crippen LogP) is 4.69.